The van der Waals surface area contributed by atoms with Crippen LogP contribution in [-0.4, -0.2) is 28.9 Å². The molecule has 0 radical (unpaired) electrons. The van der Waals surface area contributed by atoms with Crippen LogP contribution in [0.1, 0.15) is 30.5 Å². The standard InChI is InChI=1S/C12H18N2OS/c1-8(10-4-5-10)14(3)12(15)6-11-7-16-9(2)13-11/h7-8,10H,4-6H2,1-3H3. The van der Waals surface area contributed by atoms with Crippen molar-refractivity contribution in [3.8, 4) is 0 Å². The third kappa shape index (κ3) is 2.61. The number of hydrogen-bond donors (Lipinski definition) is 0. The number of hydrogen-bond acceptors (Lipinski definition) is 3. The highest BCUT2D eigenvalue weighted by Gasteiger charge is 2.32. The Hall–Kier alpha value is -0.900. The molecule has 0 bridgehead atoms. The average Bonchev–Trinajstić information content (AvgIpc) is 3.02. The molecule has 1 saturated carbocycles. The SMILES string of the molecule is Cc1nc(CC(=O)N(C)C(C)C2CC2)cs1. The van der Waals surface area contributed by atoms with Crippen LogP contribution in [0.25, 0.3) is 0 Å². The first-order chi connectivity index (χ1) is 7.58. The number of nitrogens with zero attached hydrogens (tertiary/aromatic N) is 2. The molecule has 2 rings (SSSR count). The quantitative estimate of drug-likeness (QED) is 0.806. The van der Waals surface area contributed by atoms with Gasteiger partial charge in [-0.1, -0.05) is 0 Å². The number of carbonyl (C=O) groups is 1. The predicted molar refractivity (Wildman–Crippen MR) is 65.5 cm³/mol. The van der Waals surface area contributed by atoms with E-state index in [1.54, 1.807) is 11.3 Å². The van der Waals surface area contributed by atoms with Crippen LogP contribution in [-0.2, 0) is 11.2 Å². The van der Waals surface area contributed by atoms with E-state index in [1.165, 1.54) is 12.8 Å². The molecule has 1 aromatic heterocycles. The molecule has 1 atom stereocenters. The molecular weight excluding hydrogens is 220 g/mol. The van der Waals surface area contributed by atoms with E-state index in [0.29, 0.717) is 12.5 Å². The van der Waals surface area contributed by atoms with Crippen LogP contribution in [0, 0.1) is 12.8 Å². The molecule has 0 aliphatic heterocycles. The molecule has 0 saturated heterocycles. The zero-order valence-corrected chi connectivity index (χ0v) is 10.9. The summed E-state index contributed by atoms with van der Waals surface area (Å²) < 4.78 is 0. The second kappa shape index (κ2) is 4.53. The van der Waals surface area contributed by atoms with Gasteiger partial charge in [-0.3, -0.25) is 4.79 Å². The number of likely N-dealkylation sites (N-methyl/N-ethyl adjacent to an activating group) is 1. The first-order valence-corrected chi connectivity index (χ1v) is 6.62. The maximum Gasteiger partial charge on any atom is 0.228 e. The lowest BCUT2D eigenvalue weighted by atomic mass is 10.2. The van der Waals surface area contributed by atoms with E-state index in [4.69, 9.17) is 0 Å². The van der Waals surface area contributed by atoms with Crippen molar-refractivity contribution in [1.82, 2.24) is 9.88 Å². The van der Waals surface area contributed by atoms with Crippen molar-refractivity contribution in [2.45, 2.75) is 39.2 Å². The van der Waals surface area contributed by atoms with Crippen molar-refractivity contribution in [3.63, 3.8) is 0 Å². The molecule has 1 unspecified atom stereocenters. The number of aromatic nitrogens is 1. The van der Waals surface area contributed by atoms with Gasteiger partial charge in [0.2, 0.25) is 5.91 Å². The fraction of sp³-hybridized carbons (Fsp3) is 0.667. The van der Waals surface area contributed by atoms with Gasteiger partial charge in [-0.2, -0.15) is 0 Å². The minimum absolute atomic E-state index is 0.185. The number of rotatable bonds is 4. The van der Waals surface area contributed by atoms with Gasteiger partial charge >= 0.3 is 0 Å². The van der Waals surface area contributed by atoms with Gasteiger partial charge in [-0.05, 0) is 32.6 Å². The van der Waals surface area contributed by atoms with Crippen LogP contribution in [0.2, 0.25) is 0 Å². The number of amides is 1. The van der Waals surface area contributed by atoms with Gasteiger partial charge < -0.3 is 4.90 Å². The predicted octanol–water partition coefficient (Wildman–Crippen LogP) is 2.25. The summed E-state index contributed by atoms with van der Waals surface area (Å²) in [6.07, 6.45) is 2.99. The Kier molecular flexibility index (Phi) is 3.28. The van der Waals surface area contributed by atoms with Crippen molar-refractivity contribution in [3.05, 3.63) is 16.1 Å². The Morgan fingerprint density at radius 1 is 1.69 bits per heavy atom. The van der Waals surface area contributed by atoms with Crippen LogP contribution < -0.4 is 0 Å². The van der Waals surface area contributed by atoms with Gasteiger partial charge in [0.15, 0.2) is 0 Å². The third-order valence-corrected chi connectivity index (χ3v) is 4.13. The van der Waals surface area contributed by atoms with Gasteiger partial charge in [0.1, 0.15) is 0 Å². The Bertz CT molecular complexity index is 384. The third-order valence-electron chi connectivity index (χ3n) is 3.31. The Labute approximate surface area is 100 Å². The Balaban J connectivity index is 1.91. The number of aryl methyl sites for hydroxylation is 1. The number of thiazole rings is 1. The molecule has 1 heterocycles. The smallest absolute Gasteiger partial charge is 0.228 e. The summed E-state index contributed by atoms with van der Waals surface area (Å²) in [5.74, 6) is 0.913. The summed E-state index contributed by atoms with van der Waals surface area (Å²) in [5.41, 5.74) is 0.905. The van der Waals surface area contributed by atoms with E-state index in [0.717, 1.165) is 16.6 Å². The minimum atomic E-state index is 0.185. The van der Waals surface area contributed by atoms with Crippen molar-refractivity contribution in [2.75, 3.05) is 7.05 Å². The first kappa shape index (κ1) is 11.6. The van der Waals surface area contributed by atoms with E-state index < -0.39 is 0 Å². The molecule has 0 N–H and O–H groups in total. The van der Waals surface area contributed by atoms with Crippen molar-refractivity contribution >= 4 is 17.2 Å². The van der Waals surface area contributed by atoms with Crippen LogP contribution in [0.15, 0.2) is 5.38 Å². The van der Waals surface area contributed by atoms with Crippen LogP contribution in [0.3, 0.4) is 0 Å². The normalized spacial score (nSPS) is 17.2. The van der Waals surface area contributed by atoms with E-state index >= 15 is 0 Å². The molecule has 4 heteroatoms. The lowest BCUT2D eigenvalue weighted by molar-refractivity contribution is -0.131. The zero-order valence-electron chi connectivity index (χ0n) is 10.1. The van der Waals surface area contributed by atoms with Crippen LogP contribution in [0.5, 0.6) is 0 Å². The minimum Gasteiger partial charge on any atom is -0.342 e. The molecule has 88 valence electrons. The highest BCUT2D eigenvalue weighted by Crippen LogP contribution is 2.34. The second-order valence-corrected chi connectivity index (χ2v) is 5.68. The molecule has 1 fully saturated rings. The van der Waals surface area contributed by atoms with Gasteiger partial charge in [0.05, 0.1) is 17.1 Å². The van der Waals surface area contributed by atoms with E-state index in [2.05, 4.69) is 11.9 Å². The van der Waals surface area contributed by atoms with Gasteiger partial charge in [-0.15, -0.1) is 11.3 Å². The average molecular weight is 238 g/mol. The van der Waals surface area contributed by atoms with Crippen LogP contribution in [0.4, 0.5) is 0 Å². The molecule has 1 amide bonds. The van der Waals surface area contributed by atoms with Gasteiger partial charge in [-0.25, -0.2) is 4.98 Å². The lowest BCUT2D eigenvalue weighted by Crippen LogP contribution is -2.37. The van der Waals surface area contributed by atoms with Crippen molar-refractivity contribution < 1.29 is 4.79 Å². The highest BCUT2D eigenvalue weighted by molar-refractivity contribution is 7.09. The highest BCUT2D eigenvalue weighted by atomic mass is 32.1. The summed E-state index contributed by atoms with van der Waals surface area (Å²) >= 11 is 1.60. The lowest BCUT2D eigenvalue weighted by Gasteiger charge is -2.24. The second-order valence-electron chi connectivity index (χ2n) is 4.62. The topological polar surface area (TPSA) is 33.2 Å². The number of carbonyl (C=O) groups excluding carboxylic acids is 1. The monoisotopic (exact) mass is 238 g/mol. The summed E-state index contributed by atoms with van der Waals surface area (Å²) in [5, 5.41) is 3.00. The summed E-state index contributed by atoms with van der Waals surface area (Å²) in [6.45, 7) is 4.11. The first-order valence-electron chi connectivity index (χ1n) is 5.74. The fourth-order valence-corrected chi connectivity index (χ4v) is 2.50. The summed E-state index contributed by atoms with van der Waals surface area (Å²) in [4.78, 5) is 18.2. The van der Waals surface area contributed by atoms with E-state index in [9.17, 15) is 4.79 Å². The van der Waals surface area contributed by atoms with Crippen molar-refractivity contribution in [2.24, 2.45) is 5.92 Å². The fourth-order valence-electron chi connectivity index (χ4n) is 1.89. The molecule has 0 spiro atoms. The molecule has 0 aromatic carbocycles. The molecule has 1 aromatic rings. The molecule has 1 aliphatic rings. The largest absolute Gasteiger partial charge is 0.342 e. The molecule has 3 nitrogen and oxygen atoms in total. The zero-order chi connectivity index (χ0) is 11.7. The maximum atomic E-state index is 12.0. The Morgan fingerprint density at radius 2 is 2.38 bits per heavy atom. The van der Waals surface area contributed by atoms with E-state index in [1.807, 2.05) is 24.3 Å². The summed E-state index contributed by atoms with van der Waals surface area (Å²) in [6, 6.07) is 0.382. The molecular formula is C12H18N2OS. The summed E-state index contributed by atoms with van der Waals surface area (Å²) in [7, 11) is 1.91. The maximum absolute atomic E-state index is 12.0. The molecule has 1 aliphatic carbocycles. The Morgan fingerprint density at radius 3 is 2.88 bits per heavy atom. The molecule has 16 heavy (non-hydrogen) atoms. The van der Waals surface area contributed by atoms with E-state index in [-0.39, 0.29) is 5.91 Å². The van der Waals surface area contributed by atoms with Gasteiger partial charge in [0.25, 0.3) is 0 Å². The van der Waals surface area contributed by atoms with Crippen LogP contribution >= 0.6 is 11.3 Å². The van der Waals surface area contributed by atoms with Gasteiger partial charge in [0, 0.05) is 18.5 Å². The van der Waals surface area contributed by atoms with Crippen molar-refractivity contribution in [1.29, 1.82) is 0 Å².